The highest BCUT2D eigenvalue weighted by Gasteiger charge is 2.27. The molecule has 0 saturated carbocycles. The predicted molar refractivity (Wildman–Crippen MR) is 140 cm³/mol. The van der Waals surface area contributed by atoms with Gasteiger partial charge in [-0.15, -0.1) is 11.3 Å². The normalized spacial score (nSPS) is 10.9. The fraction of sp³-hybridized carbons (Fsp3) is 0.231. The number of rotatable bonds is 8. The third-order valence-electron chi connectivity index (χ3n) is 5.74. The van der Waals surface area contributed by atoms with Gasteiger partial charge in [0.2, 0.25) is 0 Å². The number of aryl methyl sites for hydroxylation is 1. The van der Waals surface area contributed by atoms with Crippen LogP contribution in [-0.2, 0) is 13.1 Å². The Morgan fingerprint density at radius 3 is 2.54 bits per heavy atom. The third-order valence-corrected chi connectivity index (χ3v) is 6.63. The highest BCUT2D eigenvalue weighted by Crippen LogP contribution is 2.26. The molecule has 8 nitrogen and oxygen atoms in total. The number of thiophene rings is 1. The van der Waals surface area contributed by atoms with Crippen LogP contribution in [0.2, 0.25) is 0 Å². The number of hydrogen-bond donors (Lipinski definition) is 2. The maximum absolute atomic E-state index is 13.9. The number of nitrogens with zero attached hydrogens (tertiary/aromatic N) is 3. The molecule has 0 atom stereocenters. The summed E-state index contributed by atoms with van der Waals surface area (Å²) in [6, 6.07) is 16.7. The number of hydrogen-bond acceptors (Lipinski definition) is 6. The van der Waals surface area contributed by atoms with Crippen molar-refractivity contribution in [3.8, 4) is 10.6 Å². The highest BCUT2D eigenvalue weighted by molar-refractivity contribution is 7.13. The Bertz CT molecular complexity index is 1440. The molecule has 0 saturated heterocycles. The van der Waals surface area contributed by atoms with E-state index in [0.717, 1.165) is 22.6 Å². The van der Waals surface area contributed by atoms with E-state index in [0.29, 0.717) is 24.2 Å². The molecule has 3 heterocycles. The number of anilines is 2. The number of aromatic nitrogens is 3. The van der Waals surface area contributed by atoms with Gasteiger partial charge in [-0.25, -0.2) is 4.79 Å². The zero-order valence-corrected chi connectivity index (χ0v) is 20.5. The van der Waals surface area contributed by atoms with Crippen molar-refractivity contribution in [2.24, 2.45) is 0 Å². The lowest BCUT2D eigenvalue weighted by molar-refractivity contribution is 0.0983. The number of carbonyl (C=O) groups excluding carboxylic acids is 1. The first-order chi connectivity index (χ1) is 16.9. The van der Waals surface area contributed by atoms with Crippen LogP contribution in [0, 0.1) is 6.92 Å². The van der Waals surface area contributed by atoms with E-state index in [-0.39, 0.29) is 18.1 Å². The van der Waals surface area contributed by atoms with Gasteiger partial charge in [0.05, 0.1) is 28.4 Å². The van der Waals surface area contributed by atoms with E-state index in [1.54, 1.807) is 30.4 Å². The molecule has 0 unspecified atom stereocenters. The molecule has 35 heavy (non-hydrogen) atoms. The number of amides is 1. The highest BCUT2D eigenvalue weighted by atomic mass is 32.1. The van der Waals surface area contributed by atoms with Crippen LogP contribution in [0.1, 0.15) is 41.4 Å². The number of benzene rings is 1. The van der Waals surface area contributed by atoms with Gasteiger partial charge >= 0.3 is 5.69 Å². The van der Waals surface area contributed by atoms with Crippen LogP contribution in [0.5, 0.6) is 0 Å². The van der Waals surface area contributed by atoms with Crippen LogP contribution >= 0.6 is 11.3 Å². The van der Waals surface area contributed by atoms with E-state index in [4.69, 9.17) is 5.73 Å². The first kappa shape index (κ1) is 24.2. The lowest BCUT2D eigenvalue weighted by atomic mass is 10.1. The second kappa shape index (κ2) is 10.5. The van der Waals surface area contributed by atoms with Crippen LogP contribution in [0.4, 0.5) is 11.5 Å². The Morgan fingerprint density at radius 2 is 1.89 bits per heavy atom. The minimum absolute atomic E-state index is 0.0303. The van der Waals surface area contributed by atoms with E-state index in [1.165, 1.54) is 9.47 Å². The number of aromatic amines is 1. The maximum atomic E-state index is 13.9. The van der Waals surface area contributed by atoms with Crippen LogP contribution in [0.25, 0.3) is 10.6 Å². The lowest BCUT2D eigenvalue weighted by Crippen LogP contribution is -2.41. The average molecular weight is 490 g/mol. The standard InChI is InChI=1S/C26H27N5O3S/c1-3-4-14-30-23(27)22(24(32)29-26(30)34)31(16-18-9-6-5-7-10-18)25(33)19-12-13-20(28-17(19)2)21-11-8-15-35-21/h5-13,15H,3-4,14,16,27H2,1-2H3,(H,29,32,34). The van der Waals surface area contributed by atoms with Gasteiger partial charge in [-0.3, -0.25) is 29.0 Å². The Morgan fingerprint density at radius 1 is 1.11 bits per heavy atom. The van der Waals surface area contributed by atoms with E-state index >= 15 is 0 Å². The van der Waals surface area contributed by atoms with Crippen LogP contribution in [0.3, 0.4) is 0 Å². The summed E-state index contributed by atoms with van der Waals surface area (Å²) < 4.78 is 1.32. The topological polar surface area (TPSA) is 114 Å². The van der Waals surface area contributed by atoms with Gasteiger partial charge in [0.15, 0.2) is 5.69 Å². The molecule has 180 valence electrons. The molecule has 0 aliphatic rings. The maximum Gasteiger partial charge on any atom is 0.330 e. The van der Waals surface area contributed by atoms with Gasteiger partial charge < -0.3 is 5.73 Å². The van der Waals surface area contributed by atoms with Gasteiger partial charge in [0, 0.05) is 6.54 Å². The van der Waals surface area contributed by atoms with Gasteiger partial charge in [-0.1, -0.05) is 49.7 Å². The quantitative estimate of drug-likeness (QED) is 0.385. The number of H-pyrrole nitrogens is 1. The summed E-state index contributed by atoms with van der Waals surface area (Å²) in [4.78, 5) is 48.6. The van der Waals surface area contributed by atoms with E-state index < -0.39 is 17.2 Å². The van der Waals surface area contributed by atoms with Gasteiger partial charge in [-0.2, -0.15) is 0 Å². The number of carbonyl (C=O) groups is 1. The van der Waals surface area contributed by atoms with Crippen molar-refractivity contribution in [2.45, 2.75) is 39.8 Å². The van der Waals surface area contributed by atoms with Crippen LogP contribution in [0.15, 0.2) is 69.6 Å². The Kier molecular flexibility index (Phi) is 7.26. The second-order valence-corrected chi connectivity index (χ2v) is 9.13. The van der Waals surface area contributed by atoms with Crippen LogP contribution in [-0.4, -0.2) is 20.4 Å². The molecular formula is C26H27N5O3S. The molecular weight excluding hydrogens is 462 g/mol. The second-order valence-electron chi connectivity index (χ2n) is 8.18. The Labute approximate surface area is 206 Å². The summed E-state index contributed by atoms with van der Waals surface area (Å²) in [5, 5.41) is 1.97. The molecule has 3 N–H and O–H groups in total. The van der Waals surface area contributed by atoms with Crippen molar-refractivity contribution >= 4 is 28.7 Å². The average Bonchev–Trinajstić information content (AvgIpc) is 3.38. The number of pyridine rings is 1. The van der Waals surface area contributed by atoms with Crippen molar-refractivity contribution in [3.05, 3.63) is 97.6 Å². The molecule has 3 aromatic heterocycles. The predicted octanol–water partition coefficient (Wildman–Crippen LogP) is 4.20. The number of unbranched alkanes of at least 4 members (excludes halogenated alkanes) is 1. The molecule has 4 rings (SSSR count). The van der Waals surface area contributed by atoms with E-state index in [9.17, 15) is 14.4 Å². The molecule has 0 aliphatic carbocycles. The van der Waals surface area contributed by atoms with Crippen LogP contribution < -0.4 is 21.9 Å². The first-order valence-electron chi connectivity index (χ1n) is 11.4. The number of nitrogen functional groups attached to an aromatic ring is 1. The van der Waals surface area contributed by atoms with Gasteiger partial charge in [0.1, 0.15) is 5.82 Å². The van der Waals surface area contributed by atoms with E-state index in [2.05, 4.69) is 9.97 Å². The van der Waals surface area contributed by atoms with Crippen molar-refractivity contribution in [3.63, 3.8) is 0 Å². The van der Waals surface area contributed by atoms with Crippen molar-refractivity contribution in [1.82, 2.24) is 14.5 Å². The molecule has 0 fully saturated rings. The largest absolute Gasteiger partial charge is 0.383 e. The fourth-order valence-corrected chi connectivity index (χ4v) is 4.58. The SMILES string of the molecule is CCCCn1c(N)c(N(Cc2ccccc2)C(=O)c2ccc(-c3cccs3)nc2C)c(=O)[nH]c1=O. The summed E-state index contributed by atoms with van der Waals surface area (Å²) in [5.41, 5.74) is 7.49. The molecule has 9 heteroatoms. The van der Waals surface area contributed by atoms with Crippen molar-refractivity contribution in [1.29, 1.82) is 0 Å². The zero-order chi connectivity index (χ0) is 24.9. The molecule has 0 bridgehead atoms. The molecule has 0 aliphatic heterocycles. The molecule has 0 spiro atoms. The summed E-state index contributed by atoms with van der Waals surface area (Å²) >= 11 is 1.57. The van der Waals surface area contributed by atoms with Gasteiger partial charge in [0.25, 0.3) is 11.5 Å². The fourth-order valence-electron chi connectivity index (χ4n) is 3.89. The minimum Gasteiger partial charge on any atom is -0.383 e. The number of nitrogens with one attached hydrogen (secondary N) is 1. The summed E-state index contributed by atoms with van der Waals surface area (Å²) in [6.07, 6.45) is 1.55. The van der Waals surface area contributed by atoms with Crippen molar-refractivity contribution in [2.75, 3.05) is 10.6 Å². The molecule has 1 amide bonds. The Hall–Kier alpha value is -3.98. The third kappa shape index (κ3) is 5.09. The summed E-state index contributed by atoms with van der Waals surface area (Å²) in [6.45, 7) is 4.20. The molecule has 4 aromatic rings. The van der Waals surface area contributed by atoms with Crippen molar-refractivity contribution < 1.29 is 4.79 Å². The summed E-state index contributed by atoms with van der Waals surface area (Å²) in [7, 11) is 0. The lowest BCUT2D eigenvalue weighted by Gasteiger charge is -2.25. The minimum atomic E-state index is -0.703. The first-order valence-corrected chi connectivity index (χ1v) is 12.3. The smallest absolute Gasteiger partial charge is 0.330 e. The van der Waals surface area contributed by atoms with Gasteiger partial charge in [-0.05, 0) is 42.5 Å². The zero-order valence-electron chi connectivity index (χ0n) is 19.7. The molecule has 1 aromatic carbocycles. The monoisotopic (exact) mass is 489 g/mol. The van der Waals surface area contributed by atoms with E-state index in [1.807, 2.05) is 54.8 Å². The number of nitrogens with two attached hydrogens (primary N) is 1. The summed E-state index contributed by atoms with van der Waals surface area (Å²) in [5.74, 6) is -0.452. The molecule has 0 radical (unpaired) electrons. The Balaban J connectivity index is 1.82.